The van der Waals surface area contributed by atoms with E-state index in [0.29, 0.717) is 22.5 Å². The molecule has 158 valence electrons. The van der Waals surface area contributed by atoms with Gasteiger partial charge in [-0.3, -0.25) is 5.41 Å². The first-order chi connectivity index (χ1) is 14.3. The van der Waals surface area contributed by atoms with E-state index in [1.54, 1.807) is 26.1 Å². The fourth-order valence-electron chi connectivity index (χ4n) is 2.81. The zero-order valence-electron chi connectivity index (χ0n) is 16.6. The molecular weight excluding hydrogens is 395 g/mol. The molecule has 1 atom stereocenters. The number of methoxy groups -OCH3 is 1. The molecule has 1 aromatic carbocycles. The molecule has 30 heavy (non-hydrogen) atoms. The summed E-state index contributed by atoms with van der Waals surface area (Å²) in [6.07, 6.45) is 1.68. The predicted octanol–water partition coefficient (Wildman–Crippen LogP) is 2.92. The van der Waals surface area contributed by atoms with Crippen molar-refractivity contribution in [2.75, 3.05) is 13.7 Å². The number of carbonyl (C=O) groups excluding carboxylic acids is 1. The second-order valence-corrected chi connectivity index (χ2v) is 6.49. The minimum Gasteiger partial charge on any atom is -0.489 e. The maximum Gasteiger partial charge on any atom is 0.354 e. The van der Waals surface area contributed by atoms with Crippen LogP contribution in [-0.4, -0.2) is 53.1 Å². The van der Waals surface area contributed by atoms with E-state index in [1.807, 2.05) is 0 Å². The molecule has 0 aliphatic carbocycles. The number of nitrogens with one attached hydrogen (secondary N) is 3. The van der Waals surface area contributed by atoms with Crippen molar-refractivity contribution in [3.8, 4) is 11.5 Å². The van der Waals surface area contributed by atoms with Gasteiger partial charge in [0.15, 0.2) is 11.6 Å². The number of aromatic amines is 2. The van der Waals surface area contributed by atoms with E-state index in [-0.39, 0.29) is 29.3 Å². The summed E-state index contributed by atoms with van der Waals surface area (Å²) in [5, 5.41) is 16.8. The van der Waals surface area contributed by atoms with E-state index >= 15 is 4.39 Å². The summed E-state index contributed by atoms with van der Waals surface area (Å²) < 4.78 is 30.8. The van der Waals surface area contributed by atoms with Crippen LogP contribution < -0.4 is 9.47 Å². The smallest absolute Gasteiger partial charge is 0.354 e. The largest absolute Gasteiger partial charge is 0.489 e. The zero-order valence-corrected chi connectivity index (χ0v) is 16.6. The van der Waals surface area contributed by atoms with Gasteiger partial charge in [0.05, 0.1) is 13.2 Å². The maximum absolute atomic E-state index is 15.0. The van der Waals surface area contributed by atoms with Gasteiger partial charge in [-0.05, 0) is 32.0 Å². The van der Waals surface area contributed by atoms with Crippen LogP contribution in [-0.2, 0) is 4.74 Å². The monoisotopic (exact) mass is 416 g/mol. The molecular formula is C20H21FN4O5. The van der Waals surface area contributed by atoms with Gasteiger partial charge in [-0.2, -0.15) is 0 Å². The Labute approximate surface area is 171 Å². The minimum atomic E-state index is -0.702. The first kappa shape index (κ1) is 21.1. The molecule has 0 bridgehead atoms. The third-order valence-electron chi connectivity index (χ3n) is 4.28. The van der Waals surface area contributed by atoms with Crippen molar-refractivity contribution in [1.29, 1.82) is 5.41 Å². The first-order valence-corrected chi connectivity index (χ1v) is 8.99. The fraction of sp³-hybridized carbons (Fsp3) is 0.250. The molecule has 9 nitrogen and oxygen atoms in total. The number of hydrogen-bond acceptors (Lipinski definition) is 6. The van der Waals surface area contributed by atoms with Gasteiger partial charge in [0, 0.05) is 22.7 Å². The van der Waals surface area contributed by atoms with Crippen LogP contribution in [0.2, 0.25) is 0 Å². The van der Waals surface area contributed by atoms with E-state index in [2.05, 4.69) is 19.7 Å². The molecule has 3 aromatic rings. The molecule has 0 saturated carbocycles. The van der Waals surface area contributed by atoms with Gasteiger partial charge in [0.25, 0.3) is 0 Å². The minimum absolute atomic E-state index is 0.0450. The van der Waals surface area contributed by atoms with E-state index in [4.69, 9.17) is 14.9 Å². The quantitative estimate of drug-likeness (QED) is 0.267. The van der Waals surface area contributed by atoms with Crippen LogP contribution in [0.25, 0.3) is 10.9 Å². The van der Waals surface area contributed by atoms with Crippen LogP contribution in [0.5, 0.6) is 11.5 Å². The molecule has 3 rings (SSSR count). The van der Waals surface area contributed by atoms with Crippen molar-refractivity contribution in [3.05, 3.63) is 47.2 Å². The van der Waals surface area contributed by atoms with Crippen molar-refractivity contribution in [2.45, 2.75) is 20.0 Å². The van der Waals surface area contributed by atoms with Gasteiger partial charge in [0.1, 0.15) is 30.1 Å². The SMILES string of the molecule is COC(=O)c1cc2c(F)c(OC(=NC=N)c3[nH]cc(OC[C@H](C)O)c3C)ccc2[nH]1. The Hall–Kier alpha value is -3.66. The molecule has 2 aromatic heterocycles. The number of aliphatic imine (C=N–C) groups is 1. The Morgan fingerprint density at radius 1 is 1.40 bits per heavy atom. The summed E-state index contributed by atoms with van der Waals surface area (Å²) in [4.78, 5) is 21.3. The number of H-pyrrole nitrogens is 2. The average molecular weight is 416 g/mol. The topological polar surface area (TPSA) is 133 Å². The number of ether oxygens (including phenoxy) is 3. The van der Waals surface area contributed by atoms with Gasteiger partial charge < -0.3 is 29.3 Å². The molecule has 0 saturated heterocycles. The number of halogens is 1. The standard InChI is InChI=1S/C20H21FN4O5/c1-10(26)8-29-16-7-23-18(11(16)2)19(24-9-22)30-15-5-4-13-12(17(15)21)6-14(25-13)20(27)28-3/h4-7,9-10,22-23,25-26H,8H2,1-3H3/t10-/m0/s1. The van der Waals surface area contributed by atoms with Crippen molar-refractivity contribution in [2.24, 2.45) is 4.99 Å². The lowest BCUT2D eigenvalue weighted by Gasteiger charge is -2.10. The molecule has 0 aliphatic heterocycles. The Bertz CT molecular complexity index is 1120. The summed E-state index contributed by atoms with van der Waals surface area (Å²) in [5.41, 5.74) is 1.52. The van der Waals surface area contributed by atoms with Crippen molar-refractivity contribution >= 4 is 29.1 Å². The Kier molecular flexibility index (Phi) is 6.17. The van der Waals surface area contributed by atoms with E-state index < -0.39 is 17.9 Å². The number of hydrogen-bond donors (Lipinski definition) is 4. The highest BCUT2D eigenvalue weighted by Gasteiger charge is 2.20. The molecule has 10 heteroatoms. The molecule has 4 N–H and O–H groups in total. The molecule has 0 spiro atoms. The van der Waals surface area contributed by atoms with Crippen LogP contribution in [0.3, 0.4) is 0 Å². The zero-order chi connectivity index (χ0) is 21.8. The third kappa shape index (κ3) is 4.18. The molecule has 0 aliphatic rings. The Morgan fingerprint density at radius 2 is 2.17 bits per heavy atom. The summed E-state index contributed by atoms with van der Waals surface area (Å²) in [6, 6.07) is 4.28. The summed E-state index contributed by atoms with van der Waals surface area (Å²) >= 11 is 0. The lowest BCUT2D eigenvalue weighted by atomic mass is 10.2. The lowest BCUT2D eigenvalue weighted by molar-refractivity contribution is 0.0595. The van der Waals surface area contributed by atoms with Crippen LogP contribution in [0.15, 0.2) is 29.4 Å². The van der Waals surface area contributed by atoms with Crippen molar-refractivity contribution < 1.29 is 28.5 Å². The third-order valence-corrected chi connectivity index (χ3v) is 4.28. The fourth-order valence-corrected chi connectivity index (χ4v) is 2.81. The number of rotatable bonds is 7. The molecule has 0 fully saturated rings. The number of nitrogens with zero attached hydrogens (tertiary/aromatic N) is 1. The number of benzene rings is 1. The molecule has 0 amide bonds. The Morgan fingerprint density at radius 3 is 2.83 bits per heavy atom. The van der Waals surface area contributed by atoms with Crippen molar-refractivity contribution in [3.63, 3.8) is 0 Å². The second-order valence-electron chi connectivity index (χ2n) is 6.49. The normalized spacial score (nSPS) is 12.6. The van der Waals surface area contributed by atoms with E-state index in [1.165, 1.54) is 19.2 Å². The Balaban J connectivity index is 1.93. The first-order valence-electron chi connectivity index (χ1n) is 8.99. The van der Waals surface area contributed by atoms with E-state index in [0.717, 1.165) is 6.34 Å². The van der Waals surface area contributed by atoms with Crippen molar-refractivity contribution in [1.82, 2.24) is 9.97 Å². The van der Waals surface area contributed by atoms with Gasteiger partial charge in [-0.1, -0.05) is 0 Å². The highest BCUT2D eigenvalue weighted by atomic mass is 19.1. The average Bonchev–Trinajstić information content (AvgIpc) is 3.31. The lowest BCUT2D eigenvalue weighted by Crippen LogP contribution is -2.14. The summed E-state index contributed by atoms with van der Waals surface area (Å²) in [7, 11) is 1.23. The molecule has 2 heterocycles. The van der Waals surface area contributed by atoms with Crippen LogP contribution in [0.1, 0.15) is 28.7 Å². The summed E-state index contributed by atoms with van der Waals surface area (Å²) in [6.45, 7) is 3.43. The number of aromatic nitrogens is 2. The number of aliphatic hydroxyl groups is 1. The highest BCUT2D eigenvalue weighted by Crippen LogP contribution is 2.29. The number of esters is 1. The molecule has 0 radical (unpaired) electrons. The second kappa shape index (κ2) is 8.78. The van der Waals surface area contributed by atoms with Crippen LogP contribution in [0, 0.1) is 18.2 Å². The van der Waals surface area contributed by atoms with Gasteiger partial charge in [-0.25, -0.2) is 14.2 Å². The predicted molar refractivity (Wildman–Crippen MR) is 108 cm³/mol. The number of aliphatic hydroxyl groups excluding tert-OH is 1. The van der Waals surface area contributed by atoms with Crippen LogP contribution in [0.4, 0.5) is 4.39 Å². The summed E-state index contributed by atoms with van der Waals surface area (Å²) in [5.74, 6) is -1.04. The van der Waals surface area contributed by atoms with Gasteiger partial charge in [-0.15, -0.1) is 0 Å². The highest BCUT2D eigenvalue weighted by molar-refractivity contribution is 6.00. The number of carbonyl (C=O) groups is 1. The van der Waals surface area contributed by atoms with Gasteiger partial charge >= 0.3 is 5.97 Å². The van der Waals surface area contributed by atoms with Gasteiger partial charge in [0.2, 0.25) is 5.90 Å². The maximum atomic E-state index is 15.0. The van der Waals surface area contributed by atoms with Crippen LogP contribution >= 0.6 is 0 Å². The molecule has 0 unspecified atom stereocenters. The van der Waals surface area contributed by atoms with E-state index in [9.17, 15) is 9.90 Å². The number of fused-ring (bicyclic) bond motifs is 1.